The van der Waals surface area contributed by atoms with Gasteiger partial charge in [-0.05, 0) is 49.4 Å². The lowest BCUT2D eigenvalue weighted by Gasteiger charge is -2.31. The Morgan fingerprint density at radius 3 is 2.52 bits per heavy atom. The van der Waals surface area contributed by atoms with E-state index in [-0.39, 0.29) is 47.4 Å². The van der Waals surface area contributed by atoms with Gasteiger partial charge in [-0.3, -0.25) is 23.5 Å². The second-order valence-corrected chi connectivity index (χ2v) is 10.9. The van der Waals surface area contributed by atoms with Gasteiger partial charge in [0.15, 0.2) is 17.2 Å². The molecule has 1 aromatic carbocycles. The van der Waals surface area contributed by atoms with Gasteiger partial charge in [-0.25, -0.2) is 18.7 Å². The van der Waals surface area contributed by atoms with Crippen molar-refractivity contribution in [3.05, 3.63) is 59.8 Å². The third-order valence-electron chi connectivity index (χ3n) is 7.54. The molecule has 5 rings (SSSR count). The van der Waals surface area contributed by atoms with Crippen LogP contribution in [0.3, 0.4) is 0 Å². The largest absolute Gasteiger partial charge is 0.483 e. The van der Waals surface area contributed by atoms with E-state index in [2.05, 4.69) is 31.0 Å². The van der Waals surface area contributed by atoms with Gasteiger partial charge in [0.1, 0.15) is 6.54 Å². The topological polar surface area (TPSA) is 182 Å². The van der Waals surface area contributed by atoms with Crippen molar-refractivity contribution >= 4 is 35.4 Å². The number of amides is 2. The van der Waals surface area contributed by atoms with Crippen LogP contribution in [0.4, 0.5) is 33.5 Å². The van der Waals surface area contributed by atoms with Gasteiger partial charge >= 0.3 is 6.18 Å². The quantitative estimate of drug-likeness (QED) is 0.0844. The molecule has 1 aliphatic carbocycles. The molecule has 0 aliphatic heterocycles. The fourth-order valence-electron chi connectivity index (χ4n) is 5.20. The molecule has 0 spiro atoms. The van der Waals surface area contributed by atoms with E-state index < -0.39 is 30.4 Å². The molecular weight excluding hydrogens is 645 g/mol. The maximum atomic E-state index is 13.7. The maximum absolute atomic E-state index is 13.7. The molecular formula is C30H34F5N9O4. The molecule has 3 aromatic heterocycles. The van der Waals surface area contributed by atoms with Gasteiger partial charge in [-0.1, -0.05) is 6.92 Å². The van der Waals surface area contributed by atoms with E-state index in [1.165, 1.54) is 23.0 Å². The lowest BCUT2D eigenvalue weighted by atomic mass is 9.80. The second kappa shape index (κ2) is 15.6. The Morgan fingerprint density at radius 1 is 1.17 bits per heavy atom. The number of hydrogen-bond acceptors (Lipinski definition) is 8. The van der Waals surface area contributed by atoms with E-state index in [0.717, 1.165) is 11.8 Å². The molecule has 2 amide bonds. The van der Waals surface area contributed by atoms with Crippen LogP contribution in [-0.2, 0) is 28.7 Å². The van der Waals surface area contributed by atoms with Crippen LogP contribution in [0, 0.1) is 5.92 Å². The van der Waals surface area contributed by atoms with Crippen molar-refractivity contribution in [1.29, 1.82) is 0 Å². The average Bonchev–Trinajstić information content (AvgIpc) is 3.64. The number of hydrogen-bond donors (Lipinski definition) is 5. The molecule has 18 heteroatoms. The highest BCUT2D eigenvalue weighted by Gasteiger charge is 2.38. The third kappa shape index (κ3) is 8.61. The monoisotopic (exact) mass is 679 g/mol. The van der Waals surface area contributed by atoms with E-state index in [1.807, 2.05) is 6.92 Å². The number of carbonyl (C=O) groups excluding carboxylic acids is 2. The summed E-state index contributed by atoms with van der Waals surface area (Å²) in [7, 11) is 0. The summed E-state index contributed by atoms with van der Waals surface area (Å²) in [6.07, 6.45) is -0.386. The molecule has 1 fully saturated rings. The Bertz CT molecular complexity index is 1740. The normalized spacial score (nSPS) is 15.8. The number of aromatic nitrogens is 5. The van der Waals surface area contributed by atoms with Gasteiger partial charge < -0.3 is 26.8 Å². The number of nitrogens with one attached hydrogen (secondary N) is 3. The molecule has 6 N–H and O–H groups in total. The van der Waals surface area contributed by atoms with Crippen molar-refractivity contribution in [3.63, 3.8) is 0 Å². The van der Waals surface area contributed by atoms with Crippen LogP contribution in [0.2, 0.25) is 0 Å². The van der Waals surface area contributed by atoms with Gasteiger partial charge in [-0.15, -0.1) is 0 Å². The van der Waals surface area contributed by atoms with Crippen molar-refractivity contribution in [2.24, 2.45) is 11.7 Å². The summed E-state index contributed by atoms with van der Waals surface area (Å²) in [6, 6.07) is 5.19. The first-order chi connectivity index (χ1) is 22.9. The number of imidazole rings is 1. The number of alkyl halides is 5. The lowest BCUT2D eigenvalue weighted by Crippen LogP contribution is -2.45. The van der Waals surface area contributed by atoms with Crippen LogP contribution >= 0.6 is 0 Å². The summed E-state index contributed by atoms with van der Waals surface area (Å²) >= 11 is 0. The Hall–Kier alpha value is -5.13. The van der Waals surface area contributed by atoms with Gasteiger partial charge in [0, 0.05) is 54.9 Å². The average molecular weight is 680 g/mol. The van der Waals surface area contributed by atoms with Crippen molar-refractivity contribution in [1.82, 2.24) is 34.8 Å². The van der Waals surface area contributed by atoms with E-state index in [4.69, 9.17) is 15.6 Å². The number of aryl methyl sites for hydroxylation is 1. The number of rotatable bonds is 12. The number of halogens is 5. The highest BCUT2D eigenvalue weighted by atomic mass is 19.4. The first-order valence-electron chi connectivity index (χ1n) is 14.9. The molecule has 0 unspecified atom stereocenters. The summed E-state index contributed by atoms with van der Waals surface area (Å²) in [6.45, 7) is 1.47. The SMILES string of the molecule is CCc1cc(Nc2nccn3c(-c4cn(CC(F)F)nc4C(F)(F)F)cnc23)ccc1C(=O)NCCCNC(=O)C1CC(N)C1.O=CO. The smallest absolute Gasteiger partial charge is 0.435 e. The number of nitrogens with two attached hydrogens (primary N) is 1. The summed E-state index contributed by atoms with van der Waals surface area (Å²) in [5.41, 5.74) is 5.98. The van der Waals surface area contributed by atoms with Crippen LogP contribution in [-0.4, -0.2) is 73.1 Å². The number of carbonyl (C=O) groups is 3. The van der Waals surface area contributed by atoms with Gasteiger partial charge in [-0.2, -0.15) is 18.3 Å². The summed E-state index contributed by atoms with van der Waals surface area (Å²) in [5.74, 6) is -0.0785. The second-order valence-electron chi connectivity index (χ2n) is 10.9. The molecule has 0 atom stereocenters. The molecule has 0 radical (unpaired) electrons. The van der Waals surface area contributed by atoms with E-state index in [9.17, 15) is 31.5 Å². The van der Waals surface area contributed by atoms with Crippen LogP contribution in [0.5, 0.6) is 0 Å². The molecule has 0 saturated heterocycles. The van der Waals surface area contributed by atoms with E-state index in [0.29, 0.717) is 54.7 Å². The number of anilines is 2. The van der Waals surface area contributed by atoms with Crippen LogP contribution in [0.1, 0.15) is 47.8 Å². The van der Waals surface area contributed by atoms with Gasteiger partial charge in [0.2, 0.25) is 5.91 Å². The standard InChI is InChI=1S/C29H32F5N9O2.CH2O2/c1-2-16-12-19(4-5-20(16)28(45)38-7-3-6-37-27(44)17-10-18(35)11-17)40-25-26-39-13-22(43(26)9-8-36-25)21-14-42(15-23(30)31)41-24(21)29(32,33)34;2-1-3/h4-5,8-9,12-14,17-18,23H,2-3,6-7,10-11,15,35H2,1H3,(H,36,40)(H,37,44)(H,38,45);1H,(H,2,3). The molecule has 1 saturated carbocycles. The van der Waals surface area contributed by atoms with Crippen LogP contribution < -0.4 is 21.7 Å². The Balaban J connectivity index is 0.00000167. The zero-order chi connectivity index (χ0) is 35.0. The zero-order valence-corrected chi connectivity index (χ0v) is 25.7. The molecule has 13 nitrogen and oxygen atoms in total. The number of fused-ring (bicyclic) bond motifs is 1. The number of nitrogens with zero attached hydrogens (tertiary/aromatic N) is 5. The minimum atomic E-state index is -4.88. The van der Waals surface area contributed by atoms with Crippen molar-refractivity contribution in [3.8, 4) is 11.3 Å². The third-order valence-corrected chi connectivity index (χ3v) is 7.54. The molecule has 3 heterocycles. The predicted octanol–water partition coefficient (Wildman–Crippen LogP) is 3.86. The van der Waals surface area contributed by atoms with Crippen LogP contribution in [0.15, 0.2) is 43.0 Å². The van der Waals surface area contributed by atoms with Gasteiger partial charge in [0.25, 0.3) is 18.8 Å². The highest BCUT2D eigenvalue weighted by molar-refractivity contribution is 5.96. The van der Waals surface area contributed by atoms with Crippen molar-refractivity contribution in [2.45, 2.75) is 57.8 Å². The minimum absolute atomic E-state index is 0.00337. The number of carboxylic acid groups (broad SMARTS) is 1. The van der Waals surface area contributed by atoms with Crippen molar-refractivity contribution in [2.75, 3.05) is 18.4 Å². The van der Waals surface area contributed by atoms with E-state index >= 15 is 0 Å². The first-order valence-corrected chi connectivity index (χ1v) is 14.9. The van der Waals surface area contributed by atoms with E-state index in [1.54, 1.807) is 18.2 Å². The molecule has 258 valence electrons. The first kappa shape index (κ1) is 35.7. The molecule has 1 aliphatic rings. The molecule has 48 heavy (non-hydrogen) atoms. The summed E-state index contributed by atoms with van der Waals surface area (Å²) < 4.78 is 68.9. The fraction of sp³-hybridized carbons (Fsp3) is 0.400. The number of benzene rings is 1. The predicted molar refractivity (Wildman–Crippen MR) is 164 cm³/mol. The Labute approximate surface area is 270 Å². The molecule has 4 aromatic rings. The Kier molecular flexibility index (Phi) is 11.6. The fourth-order valence-corrected chi connectivity index (χ4v) is 5.20. The summed E-state index contributed by atoms with van der Waals surface area (Å²) in [5, 5.41) is 19.1. The lowest BCUT2D eigenvalue weighted by molar-refractivity contribution is -0.141. The molecule has 0 bridgehead atoms. The minimum Gasteiger partial charge on any atom is -0.483 e. The Morgan fingerprint density at radius 2 is 1.88 bits per heavy atom. The van der Waals surface area contributed by atoms with Gasteiger partial charge in [0.05, 0.1) is 17.5 Å². The van der Waals surface area contributed by atoms with Crippen LogP contribution in [0.25, 0.3) is 16.9 Å². The maximum Gasteiger partial charge on any atom is 0.435 e. The summed E-state index contributed by atoms with van der Waals surface area (Å²) in [4.78, 5) is 41.8. The highest BCUT2D eigenvalue weighted by Crippen LogP contribution is 2.37. The van der Waals surface area contributed by atoms with Crippen molar-refractivity contribution < 1.29 is 41.4 Å². The zero-order valence-electron chi connectivity index (χ0n) is 25.7.